The van der Waals surface area contributed by atoms with Gasteiger partial charge in [-0.3, -0.25) is 9.59 Å². The minimum atomic E-state index is -0.424. The van der Waals surface area contributed by atoms with Crippen molar-refractivity contribution in [1.82, 2.24) is 4.98 Å². The quantitative estimate of drug-likeness (QED) is 0.669. The van der Waals surface area contributed by atoms with Gasteiger partial charge in [-0.05, 0) is 24.5 Å². The van der Waals surface area contributed by atoms with Gasteiger partial charge < -0.3 is 10.1 Å². The summed E-state index contributed by atoms with van der Waals surface area (Å²) in [6, 6.07) is 3.28. The number of nitrogens with zero attached hydrogens (tertiary/aromatic N) is 1. The highest BCUT2D eigenvalue weighted by atomic mass is 35.5. The molecule has 0 aliphatic heterocycles. The van der Waals surface area contributed by atoms with E-state index >= 15 is 0 Å². The maximum atomic E-state index is 11.5. The minimum absolute atomic E-state index is 0.0419. The largest absolute Gasteiger partial charge is 0.455 e. The summed E-state index contributed by atoms with van der Waals surface area (Å²) >= 11 is 5.78. The standard InChI is InChI=1S/C12H13ClN2O3/c1-7-5-8(7)12(17)18-6-10(16)15-9-3-2-4-14-11(9)13/h2-4,7-8H,5-6H2,1H3,(H,15,16)/t7-,8-/m0/s1. The molecule has 1 aromatic heterocycles. The number of aromatic nitrogens is 1. The number of hydrogen-bond acceptors (Lipinski definition) is 4. The predicted molar refractivity (Wildman–Crippen MR) is 66.1 cm³/mol. The number of pyridine rings is 1. The van der Waals surface area contributed by atoms with Crippen molar-refractivity contribution in [3.63, 3.8) is 0 Å². The summed E-state index contributed by atoms with van der Waals surface area (Å²) in [4.78, 5) is 26.7. The Morgan fingerprint density at radius 1 is 1.61 bits per heavy atom. The average molecular weight is 269 g/mol. The zero-order chi connectivity index (χ0) is 13.1. The van der Waals surface area contributed by atoms with Crippen molar-refractivity contribution in [3.05, 3.63) is 23.5 Å². The molecule has 1 amide bonds. The Hall–Kier alpha value is -1.62. The van der Waals surface area contributed by atoms with Gasteiger partial charge in [0.15, 0.2) is 11.8 Å². The lowest BCUT2D eigenvalue weighted by atomic mass is 10.3. The Balaban J connectivity index is 1.79. The minimum Gasteiger partial charge on any atom is -0.455 e. The summed E-state index contributed by atoms with van der Waals surface area (Å²) in [6.07, 6.45) is 2.36. The lowest BCUT2D eigenvalue weighted by Crippen LogP contribution is -2.22. The Kier molecular flexibility index (Phi) is 3.81. The maximum Gasteiger partial charge on any atom is 0.309 e. The molecule has 1 aliphatic rings. The molecule has 0 saturated heterocycles. The van der Waals surface area contributed by atoms with Gasteiger partial charge >= 0.3 is 5.97 Å². The van der Waals surface area contributed by atoms with Crippen molar-refractivity contribution in [1.29, 1.82) is 0 Å². The molecule has 0 bridgehead atoms. The molecule has 0 aromatic carbocycles. The van der Waals surface area contributed by atoms with Gasteiger partial charge in [-0.2, -0.15) is 0 Å². The molecule has 0 spiro atoms. The number of ether oxygens (including phenoxy) is 1. The summed E-state index contributed by atoms with van der Waals surface area (Å²) in [5.74, 6) is -0.408. The van der Waals surface area contributed by atoms with Crippen molar-refractivity contribution in [3.8, 4) is 0 Å². The molecule has 1 fully saturated rings. The third kappa shape index (κ3) is 3.20. The second-order valence-corrected chi connectivity index (χ2v) is 4.68. The highest BCUT2D eigenvalue weighted by molar-refractivity contribution is 6.32. The zero-order valence-corrected chi connectivity index (χ0v) is 10.6. The smallest absolute Gasteiger partial charge is 0.309 e. The van der Waals surface area contributed by atoms with Crippen LogP contribution in [0.3, 0.4) is 0 Å². The lowest BCUT2D eigenvalue weighted by Gasteiger charge is -2.06. The molecule has 18 heavy (non-hydrogen) atoms. The fourth-order valence-corrected chi connectivity index (χ4v) is 1.73. The second kappa shape index (κ2) is 5.35. The van der Waals surface area contributed by atoms with Crippen LogP contribution < -0.4 is 5.32 Å². The van der Waals surface area contributed by atoms with Crippen LogP contribution in [-0.4, -0.2) is 23.5 Å². The summed E-state index contributed by atoms with van der Waals surface area (Å²) in [5.41, 5.74) is 0.403. The first-order valence-corrected chi connectivity index (χ1v) is 6.02. The van der Waals surface area contributed by atoms with Crippen LogP contribution in [0.4, 0.5) is 5.69 Å². The van der Waals surface area contributed by atoms with Crippen LogP contribution in [0, 0.1) is 11.8 Å². The van der Waals surface area contributed by atoms with Crippen LogP contribution >= 0.6 is 11.6 Å². The highest BCUT2D eigenvalue weighted by Gasteiger charge is 2.40. The van der Waals surface area contributed by atoms with E-state index in [1.165, 1.54) is 6.20 Å². The van der Waals surface area contributed by atoms with E-state index in [1.807, 2.05) is 6.92 Å². The van der Waals surface area contributed by atoms with E-state index in [0.717, 1.165) is 6.42 Å². The Morgan fingerprint density at radius 3 is 2.94 bits per heavy atom. The number of hydrogen-bond donors (Lipinski definition) is 1. The van der Waals surface area contributed by atoms with Crippen LogP contribution in [0.15, 0.2) is 18.3 Å². The lowest BCUT2D eigenvalue weighted by molar-refractivity contribution is -0.148. The van der Waals surface area contributed by atoms with Gasteiger partial charge in [-0.1, -0.05) is 18.5 Å². The number of amides is 1. The number of rotatable bonds is 4. The molecule has 1 aliphatic carbocycles. The van der Waals surface area contributed by atoms with Crippen molar-refractivity contribution in [2.75, 3.05) is 11.9 Å². The normalized spacial score (nSPS) is 21.2. The summed E-state index contributed by atoms with van der Waals surface area (Å²) < 4.78 is 4.90. The van der Waals surface area contributed by atoms with Gasteiger partial charge in [0.25, 0.3) is 5.91 Å². The monoisotopic (exact) mass is 268 g/mol. The van der Waals surface area contributed by atoms with Crippen LogP contribution in [0.25, 0.3) is 0 Å². The fraction of sp³-hybridized carbons (Fsp3) is 0.417. The predicted octanol–water partition coefficient (Wildman–Crippen LogP) is 1.87. The van der Waals surface area contributed by atoms with Gasteiger partial charge in [0.1, 0.15) is 0 Å². The van der Waals surface area contributed by atoms with Crippen LogP contribution in [0.2, 0.25) is 5.15 Å². The Labute approximate surface area is 109 Å². The van der Waals surface area contributed by atoms with Crippen molar-refractivity contribution in [2.45, 2.75) is 13.3 Å². The van der Waals surface area contributed by atoms with E-state index in [-0.39, 0.29) is 23.6 Å². The van der Waals surface area contributed by atoms with Crippen LogP contribution in [0.1, 0.15) is 13.3 Å². The molecule has 1 heterocycles. The van der Waals surface area contributed by atoms with Gasteiger partial charge in [-0.25, -0.2) is 4.98 Å². The topological polar surface area (TPSA) is 68.3 Å². The van der Waals surface area contributed by atoms with E-state index in [9.17, 15) is 9.59 Å². The number of nitrogens with one attached hydrogen (secondary N) is 1. The third-order valence-corrected chi connectivity index (χ3v) is 3.09. The van der Waals surface area contributed by atoms with Gasteiger partial charge in [-0.15, -0.1) is 0 Å². The highest BCUT2D eigenvalue weighted by Crippen LogP contribution is 2.38. The second-order valence-electron chi connectivity index (χ2n) is 4.32. The van der Waals surface area contributed by atoms with Crippen molar-refractivity contribution in [2.24, 2.45) is 11.8 Å². The number of anilines is 1. The van der Waals surface area contributed by atoms with E-state index in [0.29, 0.717) is 11.6 Å². The zero-order valence-electron chi connectivity index (χ0n) is 9.85. The van der Waals surface area contributed by atoms with E-state index in [2.05, 4.69) is 10.3 Å². The van der Waals surface area contributed by atoms with E-state index < -0.39 is 5.91 Å². The molecule has 2 rings (SSSR count). The number of esters is 1. The van der Waals surface area contributed by atoms with Gasteiger partial charge in [0.2, 0.25) is 0 Å². The molecule has 1 saturated carbocycles. The molecule has 2 atom stereocenters. The first-order valence-electron chi connectivity index (χ1n) is 5.65. The number of halogens is 1. The van der Waals surface area contributed by atoms with Crippen LogP contribution in [-0.2, 0) is 14.3 Å². The first kappa shape index (κ1) is 12.8. The molecule has 1 N–H and O–H groups in total. The summed E-state index contributed by atoms with van der Waals surface area (Å²) in [5, 5.41) is 2.73. The van der Waals surface area contributed by atoms with E-state index in [4.69, 9.17) is 16.3 Å². The molecule has 5 nitrogen and oxygen atoms in total. The van der Waals surface area contributed by atoms with E-state index in [1.54, 1.807) is 12.1 Å². The van der Waals surface area contributed by atoms with Crippen molar-refractivity contribution >= 4 is 29.2 Å². The SMILES string of the molecule is C[C@H]1C[C@@H]1C(=O)OCC(=O)Nc1cccnc1Cl. The Morgan fingerprint density at radius 2 is 2.33 bits per heavy atom. The number of carbonyl (C=O) groups is 2. The molecule has 6 heteroatoms. The number of carbonyl (C=O) groups excluding carboxylic acids is 2. The Bertz CT molecular complexity index is 478. The molecule has 0 unspecified atom stereocenters. The summed E-state index contributed by atoms with van der Waals surface area (Å²) in [7, 11) is 0. The van der Waals surface area contributed by atoms with Gasteiger partial charge in [0, 0.05) is 6.20 Å². The molecule has 0 radical (unpaired) electrons. The molecular weight excluding hydrogens is 256 g/mol. The molecule has 1 aromatic rings. The van der Waals surface area contributed by atoms with Gasteiger partial charge in [0.05, 0.1) is 11.6 Å². The van der Waals surface area contributed by atoms with Crippen LogP contribution in [0.5, 0.6) is 0 Å². The fourth-order valence-electron chi connectivity index (χ4n) is 1.56. The summed E-state index contributed by atoms with van der Waals surface area (Å²) in [6.45, 7) is 1.68. The molecular formula is C12H13ClN2O3. The molecule has 96 valence electrons. The first-order chi connectivity index (χ1) is 8.58. The average Bonchev–Trinajstić information content (AvgIpc) is 3.06. The van der Waals surface area contributed by atoms with Crippen molar-refractivity contribution < 1.29 is 14.3 Å². The maximum absolute atomic E-state index is 11.5. The third-order valence-electron chi connectivity index (χ3n) is 2.79.